The monoisotopic (exact) mass is 230 g/mol. The van der Waals surface area contributed by atoms with Crippen LogP contribution in [0.4, 0.5) is 5.69 Å². The van der Waals surface area contributed by atoms with Gasteiger partial charge in [0.05, 0.1) is 19.2 Å². The SMILES string of the molecule is COc1cc(N=CNO)c(OC)cc1Cl. The van der Waals surface area contributed by atoms with Crippen LogP contribution in [0.25, 0.3) is 0 Å². The third kappa shape index (κ3) is 2.74. The van der Waals surface area contributed by atoms with Gasteiger partial charge in [0, 0.05) is 12.1 Å². The molecular weight excluding hydrogens is 220 g/mol. The van der Waals surface area contributed by atoms with Crippen molar-refractivity contribution in [1.82, 2.24) is 5.48 Å². The molecule has 0 fully saturated rings. The lowest BCUT2D eigenvalue weighted by Gasteiger charge is -2.08. The molecule has 0 saturated carbocycles. The van der Waals surface area contributed by atoms with Gasteiger partial charge in [-0.2, -0.15) is 0 Å². The van der Waals surface area contributed by atoms with Crippen molar-refractivity contribution in [2.75, 3.05) is 14.2 Å². The van der Waals surface area contributed by atoms with Crippen LogP contribution < -0.4 is 15.0 Å². The van der Waals surface area contributed by atoms with Crippen molar-refractivity contribution in [1.29, 1.82) is 0 Å². The number of nitrogens with one attached hydrogen (secondary N) is 1. The maximum atomic E-state index is 8.37. The normalized spacial score (nSPS) is 10.4. The summed E-state index contributed by atoms with van der Waals surface area (Å²) in [5.41, 5.74) is 2.30. The molecule has 0 unspecified atom stereocenters. The van der Waals surface area contributed by atoms with E-state index >= 15 is 0 Å². The Labute approximate surface area is 92.3 Å². The van der Waals surface area contributed by atoms with Crippen LogP contribution in [0, 0.1) is 0 Å². The first-order valence-electron chi connectivity index (χ1n) is 4.06. The molecule has 0 aliphatic rings. The maximum Gasteiger partial charge on any atom is 0.146 e. The lowest BCUT2D eigenvalue weighted by Crippen LogP contribution is -2.01. The first-order chi connectivity index (χ1) is 7.22. The van der Waals surface area contributed by atoms with Crippen molar-refractivity contribution in [3.05, 3.63) is 17.2 Å². The molecule has 1 rings (SSSR count). The molecule has 5 nitrogen and oxygen atoms in total. The molecule has 0 saturated heterocycles. The molecular formula is C9H11ClN2O3. The summed E-state index contributed by atoms with van der Waals surface area (Å²) >= 11 is 5.89. The van der Waals surface area contributed by atoms with E-state index < -0.39 is 0 Å². The van der Waals surface area contributed by atoms with Crippen LogP contribution in [-0.2, 0) is 0 Å². The fourth-order valence-corrected chi connectivity index (χ4v) is 1.27. The number of hydroxylamine groups is 1. The number of rotatable bonds is 4. The van der Waals surface area contributed by atoms with Crippen molar-refractivity contribution >= 4 is 23.6 Å². The third-order valence-electron chi connectivity index (χ3n) is 1.71. The summed E-state index contributed by atoms with van der Waals surface area (Å²) in [6.45, 7) is 0. The Balaban J connectivity index is 3.16. The fourth-order valence-electron chi connectivity index (χ4n) is 1.04. The molecule has 82 valence electrons. The van der Waals surface area contributed by atoms with Gasteiger partial charge in [0.1, 0.15) is 23.5 Å². The van der Waals surface area contributed by atoms with Gasteiger partial charge in [-0.05, 0) is 0 Å². The Morgan fingerprint density at radius 2 is 2.00 bits per heavy atom. The largest absolute Gasteiger partial charge is 0.495 e. The first kappa shape index (κ1) is 11.6. The third-order valence-corrected chi connectivity index (χ3v) is 2.01. The number of halogens is 1. The zero-order valence-corrected chi connectivity index (χ0v) is 9.08. The van der Waals surface area contributed by atoms with Crippen molar-refractivity contribution in [2.45, 2.75) is 0 Å². The Hall–Kier alpha value is -1.46. The van der Waals surface area contributed by atoms with E-state index in [1.165, 1.54) is 14.2 Å². The van der Waals surface area contributed by atoms with E-state index in [9.17, 15) is 0 Å². The average molecular weight is 231 g/mol. The molecule has 0 heterocycles. The fraction of sp³-hybridized carbons (Fsp3) is 0.222. The van der Waals surface area contributed by atoms with Gasteiger partial charge in [0.25, 0.3) is 0 Å². The lowest BCUT2D eigenvalue weighted by atomic mass is 10.3. The van der Waals surface area contributed by atoms with Gasteiger partial charge in [-0.1, -0.05) is 11.6 Å². The van der Waals surface area contributed by atoms with Crippen LogP contribution in [0.15, 0.2) is 17.1 Å². The molecule has 0 amide bonds. The molecule has 0 aliphatic heterocycles. The van der Waals surface area contributed by atoms with Gasteiger partial charge in [-0.15, -0.1) is 0 Å². The molecule has 0 aromatic heterocycles. The van der Waals surface area contributed by atoms with Crippen molar-refractivity contribution < 1.29 is 14.7 Å². The Bertz CT molecular complexity index is 369. The second-order valence-electron chi connectivity index (χ2n) is 2.55. The zero-order valence-electron chi connectivity index (χ0n) is 8.32. The van der Waals surface area contributed by atoms with E-state index in [4.69, 9.17) is 26.3 Å². The smallest absolute Gasteiger partial charge is 0.146 e. The highest BCUT2D eigenvalue weighted by atomic mass is 35.5. The van der Waals surface area contributed by atoms with Gasteiger partial charge in [-0.25, -0.2) is 4.99 Å². The van der Waals surface area contributed by atoms with E-state index in [2.05, 4.69) is 4.99 Å². The van der Waals surface area contributed by atoms with Crippen LogP contribution in [0.5, 0.6) is 11.5 Å². The minimum absolute atomic E-state index is 0.435. The summed E-state index contributed by atoms with van der Waals surface area (Å²) in [5.74, 6) is 0.981. The van der Waals surface area contributed by atoms with Gasteiger partial charge in [0.2, 0.25) is 0 Å². The molecule has 6 heteroatoms. The summed E-state index contributed by atoms with van der Waals surface area (Å²) in [6.07, 6.45) is 1.12. The molecule has 0 atom stereocenters. The molecule has 0 spiro atoms. The number of hydrogen-bond donors (Lipinski definition) is 2. The summed E-state index contributed by atoms with van der Waals surface area (Å²) in [7, 11) is 3.01. The van der Waals surface area contributed by atoms with Crippen LogP contribution >= 0.6 is 11.6 Å². The van der Waals surface area contributed by atoms with E-state index in [0.29, 0.717) is 22.2 Å². The molecule has 0 bridgehead atoms. The second-order valence-corrected chi connectivity index (χ2v) is 2.95. The standard InChI is InChI=1S/C9H11ClN2O3/c1-14-8-4-7(11-5-12-13)9(15-2)3-6(8)10/h3-5,13H,1-2H3,(H,11,12). The topological polar surface area (TPSA) is 63.1 Å². The highest BCUT2D eigenvalue weighted by Gasteiger charge is 2.08. The number of methoxy groups -OCH3 is 2. The molecule has 1 aromatic carbocycles. The Morgan fingerprint density at radius 3 is 2.53 bits per heavy atom. The number of benzene rings is 1. The van der Waals surface area contributed by atoms with Crippen molar-refractivity contribution in [3.8, 4) is 11.5 Å². The van der Waals surface area contributed by atoms with E-state index in [1.807, 2.05) is 0 Å². The summed E-state index contributed by atoms with van der Waals surface area (Å²) in [5, 5.41) is 8.81. The van der Waals surface area contributed by atoms with Crippen molar-refractivity contribution in [2.24, 2.45) is 4.99 Å². The predicted octanol–water partition coefficient (Wildman–Crippen LogP) is 2.00. The van der Waals surface area contributed by atoms with E-state index in [1.54, 1.807) is 17.6 Å². The average Bonchev–Trinajstić information content (AvgIpc) is 2.26. The number of ether oxygens (including phenoxy) is 2. The summed E-state index contributed by atoms with van der Waals surface area (Å²) < 4.78 is 10.1. The van der Waals surface area contributed by atoms with Gasteiger partial charge >= 0.3 is 0 Å². The van der Waals surface area contributed by atoms with Crippen LogP contribution in [0.1, 0.15) is 0 Å². The first-order valence-corrected chi connectivity index (χ1v) is 4.44. The van der Waals surface area contributed by atoms with E-state index in [0.717, 1.165) is 6.34 Å². The van der Waals surface area contributed by atoms with Crippen LogP contribution in [0.3, 0.4) is 0 Å². The molecule has 15 heavy (non-hydrogen) atoms. The summed E-state index contributed by atoms with van der Waals surface area (Å²) in [4.78, 5) is 3.90. The lowest BCUT2D eigenvalue weighted by molar-refractivity contribution is 0.240. The minimum atomic E-state index is 0.435. The molecule has 2 N–H and O–H groups in total. The summed E-state index contributed by atoms with van der Waals surface area (Å²) in [6, 6.07) is 3.19. The zero-order chi connectivity index (χ0) is 11.3. The maximum absolute atomic E-state index is 8.37. The highest BCUT2D eigenvalue weighted by molar-refractivity contribution is 6.32. The predicted molar refractivity (Wildman–Crippen MR) is 57.6 cm³/mol. The van der Waals surface area contributed by atoms with Gasteiger partial charge < -0.3 is 9.47 Å². The second kappa shape index (κ2) is 5.43. The Kier molecular flexibility index (Phi) is 4.20. The number of hydrogen-bond acceptors (Lipinski definition) is 4. The van der Waals surface area contributed by atoms with Gasteiger partial charge in [0.15, 0.2) is 0 Å². The van der Waals surface area contributed by atoms with Gasteiger partial charge in [-0.3, -0.25) is 10.7 Å². The number of aliphatic imine (C=N–C) groups is 1. The van der Waals surface area contributed by atoms with Crippen LogP contribution in [-0.4, -0.2) is 25.8 Å². The molecule has 0 aliphatic carbocycles. The van der Waals surface area contributed by atoms with Crippen LogP contribution in [0.2, 0.25) is 5.02 Å². The number of nitrogens with zero attached hydrogens (tertiary/aromatic N) is 1. The minimum Gasteiger partial charge on any atom is -0.495 e. The van der Waals surface area contributed by atoms with E-state index in [-0.39, 0.29) is 0 Å². The highest BCUT2D eigenvalue weighted by Crippen LogP contribution is 2.37. The Morgan fingerprint density at radius 1 is 1.33 bits per heavy atom. The molecule has 1 aromatic rings. The quantitative estimate of drug-likeness (QED) is 0.472. The van der Waals surface area contributed by atoms with Crippen molar-refractivity contribution in [3.63, 3.8) is 0 Å². The molecule has 0 radical (unpaired) electrons.